The monoisotopic (exact) mass is 250 g/mol. The van der Waals surface area contributed by atoms with Gasteiger partial charge in [-0.3, -0.25) is 9.59 Å². The van der Waals surface area contributed by atoms with Gasteiger partial charge in [0.05, 0.1) is 12.3 Å². The van der Waals surface area contributed by atoms with E-state index in [1.807, 2.05) is 0 Å². The number of aromatic nitrogens is 2. The molecule has 1 heterocycles. The van der Waals surface area contributed by atoms with Crippen LogP contribution in [0.2, 0.25) is 0 Å². The molecule has 0 aromatic carbocycles. The summed E-state index contributed by atoms with van der Waals surface area (Å²) in [5.74, 6) is -1.22. The molecule has 2 rings (SSSR count). The molecule has 1 aromatic heterocycles. The number of imidazole rings is 1. The van der Waals surface area contributed by atoms with Crippen LogP contribution in [0.3, 0.4) is 0 Å². The summed E-state index contributed by atoms with van der Waals surface area (Å²) in [6.45, 7) is 3.38. The predicted octanol–water partition coefficient (Wildman–Crippen LogP) is 1.52. The van der Waals surface area contributed by atoms with E-state index in [-0.39, 0.29) is 12.4 Å². The van der Waals surface area contributed by atoms with Gasteiger partial charge in [0, 0.05) is 5.69 Å². The number of rotatable bonds is 4. The van der Waals surface area contributed by atoms with Crippen LogP contribution in [0.5, 0.6) is 0 Å². The molecule has 1 aliphatic rings. The number of hydrogen-bond donors (Lipinski definition) is 1. The van der Waals surface area contributed by atoms with Gasteiger partial charge in [-0.15, -0.1) is 0 Å². The normalized spacial score (nSPS) is 15.9. The number of fused-ring (bicyclic) bond motifs is 1. The van der Waals surface area contributed by atoms with Crippen molar-refractivity contribution >= 4 is 11.8 Å². The number of esters is 1. The third kappa shape index (κ3) is 2.44. The van der Waals surface area contributed by atoms with Crippen molar-refractivity contribution in [1.29, 1.82) is 0 Å². The lowest BCUT2D eigenvalue weighted by Gasteiger charge is -2.09. The molecule has 0 fully saturated rings. The van der Waals surface area contributed by atoms with Crippen molar-refractivity contribution in [2.45, 2.75) is 45.4 Å². The second kappa shape index (κ2) is 5.33. The Labute approximate surface area is 106 Å². The van der Waals surface area contributed by atoms with Gasteiger partial charge in [0.2, 0.25) is 0 Å². The highest BCUT2D eigenvalue weighted by Gasteiger charge is 2.31. The lowest BCUT2D eigenvalue weighted by Crippen LogP contribution is -2.23. The van der Waals surface area contributed by atoms with Gasteiger partial charge < -0.3 is 9.72 Å². The van der Waals surface area contributed by atoms with Crippen LogP contribution in [0, 0.1) is 0 Å². The minimum Gasteiger partial charge on any atom is -0.465 e. The zero-order valence-corrected chi connectivity index (χ0v) is 10.8. The van der Waals surface area contributed by atoms with Crippen molar-refractivity contribution in [3.63, 3.8) is 0 Å². The average Bonchev–Trinajstić information content (AvgIpc) is 2.71. The van der Waals surface area contributed by atoms with E-state index in [0.29, 0.717) is 5.82 Å². The molecule has 1 N–H and O–H groups in total. The number of ketones is 1. The quantitative estimate of drug-likeness (QED) is 0.649. The molecule has 1 atom stereocenters. The number of hydrogen-bond acceptors (Lipinski definition) is 4. The van der Waals surface area contributed by atoms with Gasteiger partial charge in [0.25, 0.3) is 0 Å². The Morgan fingerprint density at radius 1 is 1.39 bits per heavy atom. The molecular formula is C13H18N2O3. The summed E-state index contributed by atoms with van der Waals surface area (Å²) in [5.41, 5.74) is 2.05. The summed E-state index contributed by atoms with van der Waals surface area (Å²) in [4.78, 5) is 30.9. The van der Waals surface area contributed by atoms with E-state index in [2.05, 4.69) is 9.97 Å². The average molecular weight is 250 g/mol. The first kappa shape index (κ1) is 12.8. The van der Waals surface area contributed by atoms with Gasteiger partial charge in [-0.2, -0.15) is 0 Å². The fraction of sp³-hybridized carbons (Fsp3) is 0.615. The number of aromatic amines is 1. The molecular weight excluding hydrogens is 232 g/mol. The first-order chi connectivity index (χ1) is 8.63. The Balaban J connectivity index is 2.28. The van der Waals surface area contributed by atoms with E-state index in [9.17, 15) is 9.59 Å². The molecule has 0 saturated heterocycles. The van der Waals surface area contributed by atoms with Crippen molar-refractivity contribution in [2.75, 3.05) is 6.61 Å². The first-order valence-corrected chi connectivity index (χ1v) is 6.38. The van der Waals surface area contributed by atoms with Crippen LogP contribution >= 0.6 is 0 Å². The van der Waals surface area contributed by atoms with Crippen molar-refractivity contribution < 1.29 is 14.3 Å². The maximum absolute atomic E-state index is 11.8. The molecule has 98 valence electrons. The highest BCUT2D eigenvalue weighted by molar-refractivity contribution is 6.02. The zero-order chi connectivity index (χ0) is 13.1. The van der Waals surface area contributed by atoms with Gasteiger partial charge >= 0.3 is 5.97 Å². The summed E-state index contributed by atoms with van der Waals surface area (Å²) in [6, 6.07) is 0. The summed E-state index contributed by atoms with van der Waals surface area (Å²) in [7, 11) is 0. The highest BCUT2D eigenvalue weighted by atomic mass is 16.5. The van der Waals surface area contributed by atoms with E-state index in [0.717, 1.165) is 37.1 Å². The molecule has 1 unspecified atom stereocenters. The van der Waals surface area contributed by atoms with Crippen molar-refractivity contribution in [3.8, 4) is 0 Å². The molecule has 0 amide bonds. The second-order valence-electron chi connectivity index (χ2n) is 4.55. The SMILES string of the molecule is CCOC(=O)C(C(C)=O)c1nc2c([nH]1)CCCC2. The van der Waals surface area contributed by atoms with Crippen molar-refractivity contribution in [3.05, 3.63) is 17.2 Å². The molecule has 18 heavy (non-hydrogen) atoms. The van der Waals surface area contributed by atoms with Crippen molar-refractivity contribution in [1.82, 2.24) is 9.97 Å². The predicted molar refractivity (Wildman–Crippen MR) is 65.3 cm³/mol. The fourth-order valence-corrected chi connectivity index (χ4v) is 2.31. The molecule has 1 aromatic rings. The molecule has 5 heteroatoms. The maximum atomic E-state index is 11.8. The minimum absolute atomic E-state index is 0.237. The number of carbonyl (C=O) groups is 2. The molecule has 1 aliphatic carbocycles. The largest absolute Gasteiger partial charge is 0.465 e. The Morgan fingerprint density at radius 3 is 2.72 bits per heavy atom. The molecule has 5 nitrogen and oxygen atoms in total. The van der Waals surface area contributed by atoms with Crippen LogP contribution in [0.25, 0.3) is 0 Å². The van der Waals surface area contributed by atoms with Gasteiger partial charge in [0.15, 0.2) is 11.7 Å². The highest BCUT2D eigenvalue weighted by Crippen LogP contribution is 2.23. The number of ether oxygens (including phenoxy) is 1. The number of aryl methyl sites for hydroxylation is 2. The first-order valence-electron chi connectivity index (χ1n) is 6.38. The number of Topliss-reactive ketones (excluding diaryl/α,β-unsaturated/α-hetero) is 1. The fourth-order valence-electron chi connectivity index (χ4n) is 2.31. The van der Waals surface area contributed by atoms with Gasteiger partial charge in [0.1, 0.15) is 5.82 Å². The third-order valence-electron chi connectivity index (χ3n) is 3.18. The van der Waals surface area contributed by atoms with E-state index in [1.54, 1.807) is 6.92 Å². The second-order valence-corrected chi connectivity index (χ2v) is 4.55. The summed E-state index contributed by atoms with van der Waals surface area (Å²) in [6.07, 6.45) is 4.09. The molecule has 0 bridgehead atoms. The molecule has 0 spiro atoms. The number of carbonyl (C=O) groups excluding carboxylic acids is 2. The summed E-state index contributed by atoms with van der Waals surface area (Å²) >= 11 is 0. The topological polar surface area (TPSA) is 72.1 Å². The van der Waals surface area contributed by atoms with Crippen LogP contribution in [-0.4, -0.2) is 28.3 Å². The van der Waals surface area contributed by atoms with Crippen molar-refractivity contribution in [2.24, 2.45) is 0 Å². The number of nitrogens with one attached hydrogen (secondary N) is 1. The van der Waals surface area contributed by atoms with Gasteiger partial charge in [-0.05, 0) is 39.5 Å². The lowest BCUT2D eigenvalue weighted by atomic mass is 10.0. The zero-order valence-electron chi connectivity index (χ0n) is 10.8. The van der Waals surface area contributed by atoms with E-state index < -0.39 is 11.9 Å². The smallest absolute Gasteiger partial charge is 0.324 e. The van der Waals surface area contributed by atoms with Crippen LogP contribution in [0.1, 0.15) is 49.8 Å². The standard InChI is InChI=1S/C13H18N2O3/c1-3-18-13(17)11(8(2)16)12-14-9-6-4-5-7-10(9)15-12/h11H,3-7H2,1-2H3,(H,14,15). The molecule has 0 radical (unpaired) electrons. The van der Waals surface area contributed by atoms with E-state index >= 15 is 0 Å². The molecule has 0 saturated carbocycles. The van der Waals surface area contributed by atoms with Crippen LogP contribution in [0.15, 0.2) is 0 Å². The third-order valence-corrected chi connectivity index (χ3v) is 3.18. The minimum atomic E-state index is -0.907. The number of nitrogens with zero attached hydrogens (tertiary/aromatic N) is 1. The summed E-state index contributed by atoms with van der Waals surface area (Å²) in [5, 5.41) is 0. The maximum Gasteiger partial charge on any atom is 0.324 e. The Kier molecular flexibility index (Phi) is 3.79. The Hall–Kier alpha value is -1.65. The number of H-pyrrole nitrogens is 1. The van der Waals surface area contributed by atoms with Crippen LogP contribution in [0.4, 0.5) is 0 Å². The van der Waals surface area contributed by atoms with E-state index in [4.69, 9.17) is 4.74 Å². The van der Waals surface area contributed by atoms with Gasteiger partial charge in [-0.1, -0.05) is 0 Å². The molecule has 0 aliphatic heterocycles. The Bertz CT molecular complexity index is 441. The van der Waals surface area contributed by atoms with Gasteiger partial charge in [-0.25, -0.2) is 4.98 Å². The lowest BCUT2D eigenvalue weighted by molar-refractivity contribution is -0.147. The summed E-state index contributed by atoms with van der Waals surface area (Å²) < 4.78 is 4.93. The Morgan fingerprint density at radius 2 is 2.11 bits per heavy atom. The van der Waals surface area contributed by atoms with Crippen LogP contribution < -0.4 is 0 Å². The van der Waals surface area contributed by atoms with E-state index in [1.165, 1.54) is 6.92 Å². The van der Waals surface area contributed by atoms with Crippen LogP contribution in [-0.2, 0) is 27.2 Å².